The highest BCUT2D eigenvalue weighted by Gasteiger charge is 2.13. The number of benzene rings is 1. The zero-order chi connectivity index (χ0) is 17.4. The summed E-state index contributed by atoms with van der Waals surface area (Å²) in [4.78, 5) is 4.22. The third kappa shape index (κ3) is 5.37. The van der Waals surface area contributed by atoms with Crippen LogP contribution in [-0.2, 0) is 16.1 Å². The molecule has 0 fully saturated rings. The van der Waals surface area contributed by atoms with Crippen molar-refractivity contribution >= 4 is 11.6 Å². The van der Waals surface area contributed by atoms with E-state index in [1.54, 1.807) is 20.3 Å². The van der Waals surface area contributed by atoms with Crippen LogP contribution in [0.1, 0.15) is 11.1 Å². The Morgan fingerprint density at radius 1 is 1.08 bits per heavy atom. The molecule has 1 aromatic carbocycles. The summed E-state index contributed by atoms with van der Waals surface area (Å²) in [5.41, 5.74) is 1.85. The lowest BCUT2D eigenvalue weighted by molar-refractivity contribution is -0.0000919. The Kier molecular flexibility index (Phi) is 7.31. The Balaban J connectivity index is 2.04. The molecule has 0 saturated carbocycles. The first kappa shape index (κ1) is 18.5. The van der Waals surface area contributed by atoms with Crippen LogP contribution in [0.25, 0.3) is 0 Å². The maximum Gasteiger partial charge on any atom is 0.218 e. The van der Waals surface area contributed by atoms with Gasteiger partial charge >= 0.3 is 0 Å². The molecule has 0 N–H and O–H groups in total. The lowest BCUT2D eigenvalue weighted by Gasteiger charge is -2.16. The highest BCUT2D eigenvalue weighted by atomic mass is 35.5. The minimum atomic E-state index is -0.175. The van der Waals surface area contributed by atoms with Crippen LogP contribution < -0.4 is 9.47 Å². The third-order valence-corrected chi connectivity index (χ3v) is 3.85. The average molecular weight is 352 g/mol. The molecule has 1 atom stereocenters. The standard InChI is InChI=1S/C18H22ClNO4/c1-13-16(23-10-14-7-5-4-6-8-14)9-17(20-18(13)19)24-12-15(22-3)11-21-2/h4-9,15H,10-12H2,1-3H3. The number of aromatic nitrogens is 1. The SMILES string of the molecule is COCC(COc1cc(OCc2ccccc2)c(C)c(Cl)n1)OC. The van der Waals surface area contributed by atoms with Crippen LogP contribution in [0.3, 0.4) is 0 Å². The van der Waals surface area contributed by atoms with Crippen molar-refractivity contribution in [2.45, 2.75) is 19.6 Å². The van der Waals surface area contributed by atoms with E-state index in [2.05, 4.69) is 4.98 Å². The van der Waals surface area contributed by atoms with E-state index in [1.165, 1.54) is 0 Å². The van der Waals surface area contributed by atoms with E-state index in [0.29, 0.717) is 36.6 Å². The Morgan fingerprint density at radius 2 is 1.83 bits per heavy atom. The van der Waals surface area contributed by atoms with Crippen LogP contribution >= 0.6 is 11.6 Å². The molecule has 2 rings (SSSR count). The first-order valence-corrected chi connectivity index (χ1v) is 8.00. The van der Waals surface area contributed by atoms with Gasteiger partial charge in [-0.2, -0.15) is 0 Å². The molecule has 0 bridgehead atoms. The highest BCUT2D eigenvalue weighted by molar-refractivity contribution is 6.30. The second-order valence-electron chi connectivity index (χ2n) is 5.27. The summed E-state index contributed by atoms with van der Waals surface area (Å²) in [5.74, 6) is 1.04. The predicted octanol–water partition coefficient (Wildman–Crippen LogP) is 3.66. The van der Waals surface area contributed by atoms with Crippen LogP contribution in [0, 0.1) is 6.92 Å². The van der Waals surface area contributed by atoms with Gasteiger partial charge in [-0.1, -0.05) is 41.9 Å². The molecule has 1 aromatic heterocycles. The van der Waals surface area contributed by atoms with Gasteiger partial charge in [-0.15, -0.1) is 0 Å². The molecule has 0 aliphatic rings. The normalized spacial score (nSPS) is 12.0. The van der Waals surface area contributed by atoms with Crippen LogP contribution in [0.5, 0.6) is 11.6 Å². The van der Waals surface area contributed by atoms with E-state index in [4.69, 9.17) is 30.5 Å². The Hall–Kier alpha value is -1.82. The molecule has 130 valence electrons. The first-order valence-electron chi connectivity index (χ1n) is 7.62. The van der Waals surface area contributed by atoms with Crippen LogP contribution in [0.4, 0.5) is 0 Å². The number of pyridine rings is 1. The predicted molar refractivity (Wildman–Crippen MR) is 92.9 cm³/mol. The number of rotatable bonds is 9. The lowest BCUT2D eigenvalue weighted by atomic mass is 10.2. The molecular formula is C18H22ClNO4. The lowest BCUT2D eigenvalue weighted by Crippen LogP contribution is -2.25. The van der Waals surface area contributed by atoms with Gasteiger partial charge in [0.15, 0.2) is 0 Å². The maximum atomic E-state index is 6.18. The summed E-state index contributed by atoms with van der Waals surface area (Å²) in [5, 5.41) is 0.358. The van der Waals surface area contributed by atoms with Gasteiger partial charge in [0.05, 0.1) is 6.61 Å². The summed E-state index contributed by atoms with van der Waals surface area (Å²) < 4.78 is 21.8. The fourth-order valence-corrected chi connectivity index (χ4v) is 2.22. The first-order chi connectivity index (χ1) is 11.6. The number of ether oxygens (including phenoxy) is 4. The van der Waals surface area contributed by atoms with Crippen molar-refractivity contribution < 1.29 is 18.9 Å². The van der Waals surface area contributed by atoms with E-state index in [9.17, 15) is 0 Å². The maximum absolute atomic E-state index is 6.18. The van der Waals surface area contributed by atoms with Crippen molar-refractivity contribution in [3.8, 4) is 11.6 Å². The van der Waals surface area contributed by atoms with Crippen molar-refractivity contribution in [1.82, 2.24) is 4.98 Å². The Morgan fingerprint density at radius 3 is 2.50 bits per heavy atom. The molecule has 2 aromatic rings. The van der Waals surface area contributed by atoms with Crippen molar-refractivity contribution in [2.24, 2.45) is 0 Å². The number of methoxy groups -OCH3 is 2. The van der Waals surface area contributed by atoms with E-state index in [0.717, 1.165) is 11.1 Å². The average Bonchev–Trinajstić information content (AvgIpc) is 2.61. The van der Waals surface area contributed by atoms with Gasteiger partial charge in [-0.3, -0.25) is 0 Å². The third-order valence-electron chi connectivity index (χ3n) is 3.48. The molecule has 5 nitrogen and oxygen atoms in total. The minimum absolute atomic E-state index is 0.175. The molecule has 0 saturated heterocycles. The zero-order valence-corrected chi connectivity index (χ0v) is 14.9. The zero-order valence-electron chi connectivity index (χ0n) is 14.1. The summed E-state index contributed by atoms with van der Waals surface area (Å²) >= 11 is 6.18. The molecule has 6 heteroatoms. The van der Waals surface area contributed by atoms with Crippen molar-refractivity contribution in [2.75, 3.05) is 27.4 Å². The van der Waals surface area contributed by atoms with Gasteiger partial charge in [0.25, 0.3) is 0 Å². The van der Waals surface area contributed by atoms with Crippen LogP contribution in [-0.4, -0.2) is 38.5 Å². The summed E-state index contributed by atoms with van der Waals surface area (Å²) in [6, 6.07) is 11.7. The minimum Gasteiger partial charge on any atom is -0.488 e. The molecule has 1 unspecified atom stereocenters. The number of nitrogens with zero attached hydrogens (tertiary/aromatic N) is 1. The van der Waals surface area contributed by atoms with Crippen molar-refractivity contribution in [3.05, 3.63) is 52.7 Å². The summed E-state index contributed by atoms with van der Waals surface area (Å²) in [6.07, 6.45) is -0.175. The fraction of sp³-hybridized carbons (Fsp3) is 0.389. The van der Waals surface area contributed by atoms with E-state index in [-0.39, 0.29) is 6.10 Å². The summed E-state index contributed by atoms with van der Waals surface area (Å²) in [7, 11) is 3.22. The van der Waals surface area contributed by atoms with Crippen LogP contribution in [0.15, 0.2) is 36.4 Å². The second-order valence-corrected chi connectivity index (χ2v) is 5.63. The van der Waals surface area contributed by atoms with E-state index < -0.39 is 0 Å². The molecule has 1 heterocycles. The molecule has 0 aliphatic heterocycles. The smallest absolute Gasteiger partial charge is 0.218 e. The van der Waals surface area contributed by atoms with Crippen molar-refractivity contribution in [3.63, 3.8) is 0 Å². The van der Waals surface area contributed by atoms with Gasteiger partial charge in [0, 0.05) is 25.8 Å². The Bertz CT molecular complexity index is 636. The number of halogens is 1. The molecule has 0 amide bonds. The molecule has 0 radical (unpaired) electrons. The second kappa shape index (κ2) is 9.47. The monoisotopic (exact) mass is 351 g/mol. The highest BCUT2D eigenvalue weighted by Crippen LogP contribution is 2.29. The van der Waals surface area contributed by atoms with E-state index >= 15 is 0 Å². The fourth-order valence-electron chi connectivity index (χ4n) is 2.04. The molecule has 0 spiro atoms. The number of hydrogen-bond acceptors (Lipinski definition) is 5. The largest absolute Gasteiger partial charge is 0.488 e. The molecule has 24 heavy (non-hydrogen) atoms. The van der Waals surface area contributed by atoms with Crippen LogP contribution in [0.2, 0.25) is 5.15 Å². The Labute approximate surface area is 147 Å². The van der Waals surface area contributed by atoms with E-state index in [1.807, 2.05) is 37.3 Å². The van der Waals surface area contributed by atoms with Gasteiger partial charge < -0.3 is 18.9 Å². The van der Waals surface area contributed by atoms with Gasteiger partial charge in [-0.05, 0) is 12.5 Å². The quantitative estimate of drug-likeness (QED) is 0.645. The molecular weight excluding hydrogens is 330 g/mol. The topological polar surface area (TPSA) is 49.8 Å². The number of hydrogen-bond donors (Lipinski definition) is 0. The molecule has 0 aliphatic carbocycles. The van der Waals surface area contributed by atoms with Gasteiger partial charge in [-0.25, -0.2) is 4.98 Å². The van der Waals surface area contributed by atoms with Gasteiger partial charge in [0.2, 0.25) is 5.88 Å². The van der Waals surface area contributed by atoms with Gasteiger partial charge in [0.1, 0.15) is 30.2 Å². The van der Waals surface area contributed by atoms with Crippen molar-refractivity contribution in [1.29, 1.82) is 0 Å². The summed E-state index contributed by atoms with van der Waals surface area (Å²) in [6.45, 7) is 3.07.